The van der Waals surface area contributed by atoms with Crippen LogP contribution in [0.5, 0.6) is 0 Å². The number of hydrogen-bond donors (Lipinski definition) is 1. The van der Waals surface area contributed by atoms with Gasteiger partial charge in [0.15, 0.2) is 0 Å². The van der Waals surface area contributed by atoms with Crippen molar-refractivity contribution < 1.29 is 9.53 Å². The van der Waals surface area contributed by atoms with Crippen molar-refractivity contribution in [1.29, 1.82) is 0 Å². The molecule has 0 bridgehead atoms. The van der Waals surface area contributed by atoms with Crippen LogP contribution in [0, 0.1) is 0 Å². The fourth-order valence-corrected chi connectivity index (χ4v) is 3.97. The summed E-state index contributed by atoms with van der Waals surface area (Å²) in [6.07, 6.45) is 1.23. The van der Waals surface area contributed by atoms with Crippen molar-refractivity contribution in [3.8, 4) is 0 Å². The molecule has 2 amide bonds. The molecule has 2 unspecified atom stereocenters. The van der Waals surface area contributed by atoms with E-state index < -0.39 is 0 Å². The van der Waals surface area contributed by atoms with Gasteiger partial charge >= 0.3 is 6.03 Å². The number of urea groups is 1. The van der Waals surface area contributed by atoms with Gasteiger partial charge in [-0.15, -0.1) is 0 Å². The maximum absolute atomic E-state index is 12.3. The second kappa shape index (κ2) is 10.1. The normalized spacial score (nSPS) is 24.7. The molecule has 0 aliphatic carbocycles. The molecule has 6 heteroatoms. The first-order chi connectivity index (χ1) is 13.1. The van der Waals surface area contributed by atoms with Gasteiger partial charge in [-0.1, -0.05) is 30.3 Å². The zero-order valence-corrected chi connectivity index (χ0v) is 16.8. The Morgan fingerprint density at radius 2 is 1.67 bits per heavy atom. The molecule has 2 fully saturated rings. The van der Waals surface area contributed by atoms with E-state index in [2.05, 4.69) is 45.4 Å². The first-order valence-corrected chi connectivity index (χ1v) is 10.3. The van der Waals surface area contributed by atoms with Crippen LogP contribution >= 0.6 is 0 Å². The molecule has 0 saturated carbocycles. The van der Waals surface area contributed by atoms with Gasteiger partial charge < -0.3 is 19.9 Å². The fourth-order valence-electron chi connectivity index (χ4n) is 3.97. The van der Waals surface area contributed by atoms with E-state index in [0.717, 1.165) is 52.2 Å². The predicted octanol–water partition coefficient (Wildman–Crippen LogP) is 2.01. The van der Waals surface area contributed by atoms with Gasteiger partial charge in [0, 0.05) is 52.4 Å². The van der Waals surface area contributed by atoms with E-state index >= 15 is 0 Å². The molecule has 1 aromatic rings. The van der Waals surface area contributed by atoms with Gasteiger partial charge in [-0.2, -0.15) is 0 Å². The first-order valence-electron chi connectivity index (χ1n) is 10.3. The van der Waals surface area contributed by atoms with Crippen molar-refractivity contribution in [2.45, 2.75) is 39.0 Å². The summed E-state index contributed by atoms with van der Waals surface area (Å²) < 4.78 is 5.69. The summed E-state index contributed by atoms with van der Waals surface area (Å²) in [4.78, 5) is 19.2. The number of carbonyl (C=O) groups excluding carboxylic acids is 1. The second-order valence-corrected chi connectivity index (χ2v) is 7.85. The second-order valence-electron chi connectivity index (χ2n) is 7.85. The molecule has 1 N–H and O–H groups in total. The van der Waals surface area contributed by atoms with Crippen molar-refractivity contribution in [3.05, 3.63) is 35.9 Å². The highest BCUT2D eigenvalue weighted by Crippen LogP contribution is 2.11. The van der Waals surface area contributed by atoms with Crippen molar-refractivity contribution in [1.82, 2.24) is 20.0 Å². The van der Waals surface area contributed by atoms with Crippen LogP contribution in [0.4, 0.5) is 4.79 Å². The van der Waals surface area contributed by atoms with Crippen LogP contribution in [0.25, 0.3) is 0 Å². The molecule has 2 atom stereocenters. The standard InChI is InChI=1S/C21H34N4O2/c1-18-15-25(16-19(2)27-18)21(26)22-9-6-10-23-11-13-24(14-12-23)17-20-7-4-3-5-8-20/h3-5,7-8,18-19H,6,9-17H2,1-2H3,(H,22,26). The molecule has 3 rings (SSSR count). The smallest absolute Gasteiger partial charge is 0.317 e. The topological polar surface area (TPSA) is 48.1 Å². The summed E-state index contributed by atoms with van der Waals surface area (Å²) in [5.74, 6) is 0. The van der Waals surface area contributed by atoms with Gasteiger partial charge in [-0.3, -0.25) is 4.90 Å². The van der Waals surface area contributed by atoms with Gasteiger partial charge in [0.05, 0.1) is 12.2 Å². The van der Waals surface area contributed by atoms with Gasteiger partial charge in [0.25, 0.3) is 0 Å². The van der Waals surface area contributed by atoms with E-state index in [1.807, 2.05) is 18.7 Å². The maximum Gasteiger partial charge on any atom is 0.317 e. The highest BCUT2D eigenvalue weighted by atomic mass is 16.5. The number of ether oxygens (including phenoxy) is 1. The van der Waals surface area contributed by atoms with Gasteiger partial charge in [-0.25, -0.2) is 4.79 Å². The Hall–Kier alpha value is -1.63. The number of amides is 2. The first kappa shape index (κ1) is 20.1. The number of hydrogen-bond acceptors (Lipinski definition) is 4. The number of rotatable bonds is 6. The van der Waals surface area contributed by atoms with Crippen LogP contribution in [-0.4, -0.2) is 85.3 Å². The number of nitrogens with zero attached hydrogens (tertiary/aromatic N) is 3. The fraction of sp³-hybridized carbons (Fsp3) is 0.667. The maximum atomic E-state index is 12.3. The summed E-state index contributed by atoms with van der Waals surface area (Å²) >= 11 is 0. The Kier molecular flexibility index (Phi) is 7.50. The average Bonchev–Trinajstić information content (AvgIpc) is 2.66. The molecule has 2 aliphatic rings. The number of carbonyl (C=O) groups is 1. The third-order valence-electron chi connectivity index (χ3n) is 5.35. The number of benzene rings is 1. The lowest BCUT2D eigenvalue weighted by molar-refractivity contribution is -0.0545. The van der Waals surface area contributed by atoms with Crippen LogP contribution in [0.1, 0.15) is 25.8 Å². The summed E-state index contributed by atoms with van der Waals surface area (Å²) in [6, 6.07) is 10.7. The Morgan fingerprint density at radius 1 is 1.04 bits per heavy atom. The number of nitrogens with one attached hydrogen (secondary N) is 1. The molecule has 2 aliphatic heterocycles. The molecule has 0 aromatic heterocycles. The van der Waals surface area contributed by atoms with E-state index in [-0.39, 0.29) is 18.2 Å². The van der Waals surface area contributed by atoms with Crippen molar-refractivity contribution in [2.24, 2.45) is 0 Å². The number of morpholine rings is 1. The molecule has 1 aromatic carbocycles. The predicted molar refractivity (Wildman–Crippen MR) is 108 cm³/mol. The van der Waals surface area contributed by atoms with E-state index in [4.69, 9.17) is 4.74 Å². The summed E-state index contributed by atoms with van der Waals surface area (Å²) in [6.45, 7) is 12.7. The highest BCUT2D eigenvalue weighted by Gasteiger charge is 2.25. The number of piperazine rings is 1. The largest absolute Gasteiger partial charge is 0.372 e. The SMILES string of the molecule is CC1CN(C(=O)NCCCN2CCN(Cc3ccccc3)CC2)CC(C)O1. The molecular formula is C21H34N4O2. The van der Waals surface area contributed by atoms with E-state index in [1.54, 1.807) is 0 Å². The quantitative estimate of drug-likeness (QED) is 0.774. The Labute approximate surface area is 163 Å². The van der Waals surface area contributed by atoms with E-state index in [1.165, 1.54) is 5.56 Å². The van der Waals surface area contributed by atoms with Gasteiger partial charge in [-0.05, 0) is 32.4 Å². The molecule has 2 saturated heterocycles. The lowest BCUT2D eigenvalue weighted by Gasteiger charge is -2.35. The molecule has 27 heavy (non-hydrogen) atoms. The van der Waals surface area contributed by atoms with Crippen LogP contribution in [0.3, 0.4) is 0 Å². The third kappa shape index (κ3) is 6.48. The minimum Gasteiger partial charge on any atom is -0.372 e. The molecule has 0 spiro atoms. The van der Waals surface area contributed by atoms with Crippen LogP contribution < -0.4 is 5.32 Å². The van der Waals surface area contributed by atoms with Gasteiger partial charge in [0.1, 0.15) is 0 Å². The lowest BCUT2D eigenvalue weighted by Crippen LogP contribution is -2.52. The van der Waals surface area contributed by atoms with Crippen LogP contribution in [0.15, 0.2) is 30.3 Å². The molecular weight excluding hydrogens is 340 g/mol. The molecule has 150 valence electrons. The summed E-state index contributed by atoms with van der Waals surface area (Å²) in [5, 5.41) is 3.07. The molecule has 2 heterocycles. The molecule has 6 nitrogen and oxygen atoms in total. The minimum absolute atomic E-state index is 0.0460. The Morgan fingerprint density at radius 3 is 2.33 bits per heavy atom. The third-order valence-corrected chi connectivity index (χ3v) is 5.35. The van der Waals surface area contributed by atoms with E-state index in [0.29, 0.717) is 13.1 Å². The highest BCUT2D eigenvalue weighted by molar-refractivity contribution is 5.74. The van der Waals surface area contributed by atoms with Crippen LogP contribution in [-0.2, 0) is 11.3 Å². The molecule has 0 radical (unpaired) electrons. The average molecular weight is 375 g/mol. The minimum atomic E-state index is 0.0460. The van der Waals surface area contributed by atoms with E-state index in [9.17, 15) is 4.79 Å². The Balaban J connectivity index is 1.27. The zero-order chi connectivity index (χ0) is 19.1. The van der Waals surface area contributed by atoms with Crippen LogP contribution in [0.2, 0.25) is 0 Å². The van der Waals surface area contributed by atoms with Crippen molar-refractivity contribution in [2.75, 3.05) is 52.4 Å². The summed E-state index contributed by atoms with van der Waals surface area (Å²) in [7, 11) is 0. The Bertz CT molecular complexity index is 565. The zero-order valence-electron chi connectivity index (χ0n) is 16.8. The summed E-state index contributed by atoms with van der Waals surface area (Å²) in [5.41, 5.74) is 1.39. The van der Waals surface area contributed by atoms with Crippen molar-refractivity contribution in [3.63, 3.8) is 0 Å². The van der Waals surface area contributed by atoms with Crippen molar-refractivity contribution >= 4 is 6.03 Å². The van der Waals surface area contributed by atoms with Gasteiger partial charge in [0.2, 0.25) is 0 Å². The lowest BCUT2D eigenvalue weighted by atomic mass is 10.2. The monoisotopic (exact) mass is 374 g/mol.